The van der Waals surface area contributed by atoms with E-state index in [1.807, 2.05) is 12.1 Å². The number of rotatable bonds is 4. The lowest BCUT2D eigenvalue weighted by atomic mass is 9.53. The van der Waals surface area contributed by atoms with E-state index in [2.05, 4.69) is 18.0 Å². The Hall–Kier alpha value is -2.86. The van der Waals surface area contributed by atoms with Crippen LogP contribution in [-0.4, -0.2) is 29.1 Å². The summed E-state index contributed by atoms with van der Waals surface area (Å²) in [7, 11) is 1.50. The zero-order valence-corrected chi connectivity index (χ0v) is 17.5. The van der Waals surface area contributed by atoms with Crippen molar-refractivity contribution in [2.75, 3.05) is 12.4 Å². The molecule has 6 heteroatoms. The number of hydrogen-bond acceptors (Lipinski definition) is 4. The fraction of sp³-hybridized carbons (Fsp3) is 0.417. The van der Waals surface area contributed by atoms with Crippen LogP contribution in [0, 0.1) is 11.8 Å². The SMILES string of the molecule is CN.C[C@@]12CCCC(Cc3ccc(O)cc31)[C@@H]2CC(=O)Nc1ccccc1C(=O)O. The highest BCUT2D eigenvalue weighted by molar-refractivity contribution is 6.00. The number of nitrogens with one attached hydrogen (secondary N) is 1. The number of fused-ring (bicyclic) bond motifs is 4. The fourth-order valence-corrected chi connectivity index (χ4v) is 5.35. The summed E-state index contributed by atoms with van der Waals surface area (Å²) in [4.78, 5) is 24.3. The van der Waals surface area contributed by atoms with E-state index in [-0.39, 0.29) is 28.6 Å². The largest absolute Gasteiger partial charge is 0.508 e. The van der Waals surface area contributed by atoms with Crippen LogP contribution < -0.4 is 11.1 Å². The van der Waals surface area contributed by atoms with E-state index >= 15 is 0 Å². The van der Waals surface area contributed by atoms with Crippen molar-refractivity contribution in [2.45, 2.75) is 44.4 Å². The molecule has 6 nitrogen and oxygen atoms in total. The number of carbonyl (C=O) groups is 2. The monoisotopic (exact) mass is 410 g/mol. The molecule has 0 aliphatic heterocycles. The van der Waals surface area contributed by atoms with E-state index in [0.717, 1.165) is 31.2 Å². The van der Waals surface area contributed by atoms with Gasteiger partial charge in [-0.2, -0.15) is 0 Å². The number of nitrogens with two attached hydrogens (primary N) is 1. The number of carboxylic acids is 1. The Bertz CT molecular complexity index is 943. The summed E-state index contributed by atoms with van der Waals surface area (Å²) in [5.74, 6) is -0.339. The molecule has 2 aliphatic carbocycles. The predicted molar refractivity (Wildman–Crippen MR) is 117 cm³/mol. The van der Waals surface area contributed by atoms with Gasteiger partial charge in [0.25, 0.3) is 0 Å². The Morgan fingerprint density at radius 3 is 2.67 bits per heavy atom. The van der Waals surface area contributed by atoms with Crippen molar-refractivity contribution in [2.24, 2.45) is 17.6 Å². The summed E-state index contributed by atoms with van der Waals surface area (Å²) in [6.07, 6.45) is 4.48. The number of anilines is 1. The molecule has 0 spiro atoms. The molecule has 160 valence electrons. The van der Waals surface area contributed by atoms with Crippen molar-refractivity contribution in [3.05, 3.63) is 59.2 Å². The molecule has 1 fully saturated rings. The molecule has 1 unspecified atom stereocenters. The molecule has 0 radical (unpaired) electrons. The van der Waals surface area contributed by atoms with Gasteiger partial charge in [0.1, 0.15) is 5.75 Å². The second-order valence-corrected chi connectivity index (χ2v) is 8.32. The Labute approximate surface area is 177 Å². The van der Waals surface area contributed by atoms with Crippen LogP contribution in [0.2, 0.25) is 0 Å². The smallest absolute Gasteiger partial charge is 0.337 e. The molecule has 2 aliphatic rings. The molecular formula is C24H30N2O4. The van der Waals surface area contributed by atoms with Crippen LogP contribution in [0.4, 0.5) is 5.69 Å². The number of para-hydroxylation sites is 1. The van der Waals surface area contributed by atoms with Crippen LogP contribution in [0.15, 0.2) is 42.5 Å². The highest BCUT2D eigenvalue weighted by Crippen LogP contribution is 2.54. The van der Waals surface area contributed by atoms with Gasteiger partial charge in [0.05, 0.1) is 11.3 Å². The van der Waals surface area contributed by atoms with Gasteiger partial charge in [-0.3, -0.25) is 4.79 Å². The van der Waals surface area contributed by atoms with Gasteiger partial charge in [-0.25, -0.2) is 4.79 Å². The molecule has 3 atom stereocenters. The van der Waals surface area contributed by atoms with Crippen molar-refractivity contribution in [1.82, 2.24) is 0 Å². The van der Waals surface area contributed by atoms with Crippen molar-refractivity contribution in [3.63, 3.8) is 0 Å². The summed E-state index contributed by atoms with van der Waals surface area (Å²) in [6, 6.07) is 12.1. The summed E-state index contributed by atoms with van der Waals surface area (Å²) in [5, 5.41) is 22.2. The Morgan fingerprint density at radius 2 is 1.93 bits per heavy atom. The maximum atomic E-state index is 12.9. The Balaban J connectivity index is 0.00000124. The normalized spacial score (nSPS) is 24.1. The fourth-order valence-electron chi connectivity index (χ4n) is 5.35. The van der Waals surface area contributed by atoms with E-state index in [0.29, 0.717) is 18.0 Å². The predicted octanol–water partition coefficient (Wildman–Crippen LogP) is 3.92. The maximum Gasteiger partial charge on any atom is 0.337 e. The third kappa shape index (κ3) is 4.05. The quantitative estimate of drug-likeness (QED) is 0.610. The summed E-state index contributed by atoms with van der Waals surface area (Å²) in [5.41, 5.74) is 7.22. The van der Waals surface area contributed by atoms with Crippen LogP contribution in [0.25, 0.3) is 0 Å². The first-order chi connectivity index (χ1) is 14.4. The minimum Gasteiger partial charge on any atom is -0.508 e. The lowest BCUT2D eigenvalue weighted by Crippen LogP contribution is -2.47. The van der Waals surface area contributed by atoms with Gasteiger partial charge < -0.3 is 21.3 Å². The zero-order chi connectivity index (χ0) is 21.9. The van der Waals surface area contributed by atoms with Crippen LogP contribution in [-0.2, 0) is 16.6 Å². The van der Waals surface area contributed by atoms with Crippen LogP contribution in [0.3, 0.4) is 0 Å². The third-order valence-corrected chi connectivity index (χ3v) is 6.69. The van der Waals surface area contributed by atoms with Crippen LogP contribution >= 0.6 is 0 Å². The minimum atomic E-state index is -1.05. The number of benzene rings is 2. The van der Waals surface area contributed by atoms with Crippen LogP contribution in [0.1, 0.15) is 54.1 Å². The van der Waals surface area contributed by atoms with Crippen molar-refractivity contribution >= 4 is 17.6 Å². The topological polar surface area (TPSA) is 113 Å². The molecule has 1 saturated carbocycles. The van der Waals surface area contributed by atoms with E-state index < -0.39 is 5.97 Å². The molecule has 30 heavy (non-hydrogen) atoms. The molecule has 0 heterocycles. The van der Waals surface area contributed by atoms with E-state index in [9.17, 15) is 19.8 Å². The van der Waals surface area contributed by atoms with E-state index in [1.165, 1.54) is 18.7 Å². The van der Waals surface area contributed by atoms with Gasteiger partial charge in [-0.05, 0) is 79.0 Å². The first-order valence-electron chi connectivity index (χ1n) is 10.4. The molecular weight excluding hydrogens is 380 g/mol. The first kappa shape index (κ1) is 21.8. The maximum absolute atomic E-state index is 12.9. The van der Waals surface area contributed by atoms with Crippen molar-refractivity contribution < 1.29 is 19.8 Å². The lowest BCUT2D eigenvalue weighted by Gasteiger charge is -2.51. The van der Waals surface area contributed by atoms with E-state index in [4.69, 9.17) is 0 Å². The molecule has 2 aromatic rings. The number of phenolic OH excluding ortho intramolecular Hbond substituents is 1. The van der Waals surface area contributed by atoms with Gasteiger partial charge in [0.15, 0.2) is 0 Å². The number of amides is 1. The molecule has 1 amide bonds. The number of aromatic carboxylic acids is 1. The average molecular weight is 411 g/mol. The van der Waals surface area contributed by atoms with Gasteiger partial charge >= 0.3 is 5.97 Å². The zero-order valence-electron chi connectivity index (χ0n) is 17.5. The number of aromatic hydroxyl groups is 1. The standard InChI is InChI=1S/C23H25NO4.CH5N/c1-23-10-4-5-14(11-15-8-9-16(25)12-18(15)23)19(23)13-21(26)24-20-7-3-2-6-17(20)22(27)28;1-2/h2-3,6-9,12,14,19,25H,4-5,10-11,13H2,1H3,(H,24,26)(H,27,28);2H2,1H3/t14?,19-,23+;/m0./s1. The van der Waals surface area contributed by atoms with Gasteiger partial charge in [0.2, 0.25) is 5.91 Å². The summed E-state index contributed by atoms with van der Waals surface area (Å²) in [6.45, 7) is 2.21. The molecule has 2 aromatic carbocycles. The van der Waals surface area contributed by atoms with Gasteiger partial charge in [-0.15, -0.1) is 0 Å². The highest BCUT2D eigenvalue weighted by Gasteiger charge is 2.48. The summed E-state index contributed by atoms with van der Waals surface area (Å²) < 4.78 is 0. The lowest BCUT2D eigenvalue weighted by molar-refractivity contribution is -0.118. The Morgan fingerprint density at radius 1 is 1.20 bits per heavy atom. The van der Waals surface area contributed by atoms with E-state index in [1.54, 1.807) is 24.3 Å². The molecule has 2 bridgehead atoms. The van der Waals surface area contributed by atoms with Gasteiger partial charge in [-0.1, -0.05) is 31.5 Å². The second-order valence-electron chi connectivity index (χ2n) is 8.32. The minimum absolute atomic E-state index is 0.0983. The molecule has 0 saturated heterocycles. The first-order valence-corrected chi connectivity index (χ1v) is 10.4. The number of carboxylic acid groups (broad SMARTS) is 1. The third-order valence-electron chi connectivity index (χ3n) is 6.69. The number of carbonyl (C=O) groups excluding carboxylic acids is 1. The number of hydrogen-bond donors (Lipinski definition) is 4. The highest BCUT2D eigenvalue weighted by atomic mass is 16.4. The van der Waals surface area contributed by atoms with Gasteiger partial charge in [0, 0.05) is 6.42 Å². The van der Waals surface area contributed by atoms with Crippen molar-refractivity contribution in [1.29, 1.82) is 0 Å². The summed E-state index contributed by atoms with van der Waals surface area (Å²) >= 11 is 0. The average Bonchev–Trinajstić information content (AvgIpc) is 2.72. The number of phenols is 1. The van der Waals surface area contributed by atoms with Crippen LogP contribution in [0.5, 0.6) is 5.75 Å². The van der Waals surface area contributed by atoms with Crippen molar-refractivity contribution in [3.8, 4) is 5.75 Å². The Kier molecular flexibility index (Phi) is 6.46. The molecule has 0 aromatic heterocycles. The second kappa shape index (κ2) is 8.88. The molecule has 4 rings (SSSR count). The molecule has 5 N–H and O–H groups in total.